The molecule has 1 aliphatic heterocycles. The van der Waals surface area contributed by atoms with E-state index in [4.69, 9.17) is 5.73 Å². The summed E-state index contributed by atoms with van der Waals surface area (Å²) in [4.78, 5) is 13.4. The van der Waals surface area contributed by atoms with Crippen LogP contribution in [-0.4, -0.2) is 34.1 Å². The van der Waals surface area contributed by atoms with Gasteiger partial charge in [-0.2, -0.15) is 5.26 Å². The molecule has 32 heavy (non-hydrogen) atoms. The van der Waals surface area contributed by atoms with E-state index < -0.39 is 17.5 Å². The van der Waals surface area contributed by atoms with Crippen LogP contribution in [0.2, 0.25) is 0 Å². The number of hydrogen-bond donors (Lipinski definition) is 2. The van der Waals surface area contributed by atoms with Gasteiger partial charge in [0.05, 0.1) is 16.8 Å². The van der Waals surface area contributed by atoms with Gasteiger partial charge in [-0.25, -0.2) is 18.2 Å². The maximum atomic E-state index is 14.4. The van der Waals surface area contributed by atoms with Crippen LogP contribution in [0.5, 0.6) is 0 Å². The van der Waals surface area contributed by atoms with Gasteiger partial charge >= 0.3 is 0 Å². The highest BCUT2D eigenvalue weighted by Crippen LogP contribution is 2.41. The molecule has 0 bridgehead atoms. The van der Waals surface area contributed by atoms with Crippen LogP contribution in [0, 0.1) is 28.8 Å². The number of anilines is 1. The van der Waals surface area contributed by atoms with E-state index in [0.29, 0.717) is 35.5 Å². The van der Waals surface area contributed by atoms with Gasteiger partial charge in [0.15, 0.2) is 5.82 Å². The van der Waals surface area contributed by atoms with Gasteiger partial charge in [0.2, 0.25) is 0 Å². The van der Waals surface area contributed by atoms with Crippen LogP contribution in [0.25, 0.3) is 33.5 Å². The van der Waals surface area contributed by atoms with E-state index in [0.717, 1.165) is 18.6 Å². The Morgan fingerprint density at radius 1 is 1.03 bits per heavy atom. The lowest BCUT2D eigenvalue weighted by atomic mass is 9.97. The quantitative estimate of drug-likeness (QED) is 0.506. The fourth-order valence-corrected chi connectivity index (χ4v) is 4.17. The lowest BCUT2D eigenvalue weighted by molar-refractivity contribution is 0.615. The largest absolute Gasteiger partial charge is 0.369 e. The lowest BCUT2D eigenvalue weighted by Crippen LogP contribution is -2.27. The first-order chi connectivity index (χ1) is 15.5. The molecule has 4 aromatic rings. The van der Waals surface area contributed by atoms with Crippen LogP contribution in [0.1, 0.15) is 12.0 Å². The molecule has 6 nitrogen and oxygen atoms in total. The Morgan fingerprint density at radius 2 is 1.81 bits per heavy atom. The predicted molar refractivity (Wildman–Crippen MR) is 114 cm³/mol. The van der Waals surface area contributed by atoms with Crippen molar-refractivity contribution in [3.05, 3.63) is 65.7 Å². The summed E-state index contributed by atoms with van der Waals surface area (Å²) < 4.78 is 42.9. The SMILES string of the molecule is N#Cc1c(F)cccc1-c1cncc(-c2nc3c(F)ccc(F)c3[nH]2)c1N1CC[C@H](N)C1. The number of halogens is 3. The Bertz CT molecular complexity index is 1350. The van der Waals surface area contributed by atoms with Gasteiger partial charge in [0.1, 0.15) is 34.6 Å². The zero-order valence-electron chi connectivity index (χ0n) is 16.7. The van der Waals surface area contributed by atoms with Crippen molar-refractivity contribution in [3.8, 4) is 28.6 Å². The minimum atomic E-state index is -0.658. The van der Waals surface area contributed by atoms with E-state index in [1.165, 1.54) is 18.3 Å². The highest BCUT2D eigenvalue weighted by Gasteiger charge is 2.28. The van der Waals surface area contributed by atoms with Crippen LogP contribution >= 0.6 is 0 Å². The number of nitrogens with zero attached hydrogens (tertiary/aromatic N) is 4. The molecule has 0 saturated carbocycles. The summed E-state index contributed by atoms with van der Waals surface area (Å²) in [6, 6.07) is 8.26. The molecule has 2 aromatic heterocycles. The van der Waals surface area contributed by atoms with Crippen molar-refractivity contribution in [1.82, 2.24) is 15.0 Å². The van der Waals surface area contributed by atoms with Gasteiger partial charge in [0, 0.05) is 42.7 Å². The fourth-order valence-electron chi connectivity index (χ4n) is 4.17. The smallest absolute Gasteiger partial charge is 0.151 e. The Hall–Kier alpha value is -3.90. The van der Waals surface area contributed by atoms with E-state index in [1.807, 2.05) is 11.0 Å². The number of hydrogen-bond acceptors (Lipinski definition) is 5. The number of H-pyrrole nitrogens is 1. The Balaban J connectivity index is 1.79. The number of aromatic amines is 1. The first kappa shape index (κ1) is 20.0. The summed E-state index contributed by atoms with van der Waals surface area (Å²) in [6.45, 7) is 1.13. The molecule has 0 unspecified atom stereocenters. The van der Waals surface area contributed by atoms with Gasteiger partial charge < -0.3 is 15.6 Å². The maximum Gasteiger partial charge on any atom is 0.151 e. The minimum absolute atomic E-state index is 0.0575. The Morgan fingerprint density at radius 3 is 2.53 bits per heavy atom. The van der Waals surface area contributed by atoms with Crippen LogP contribution < -0.4 is 10.6 Å². The number of nitrogens with two attached hydrogens (primary N) is 1. The van der Waals surface area contributed by atoms with Crippen molar-refractivity contribution >= 4 is 16.7 Å². The van der Waals surface area contributed by atoms with Crippen LogP contribution in [-0.2, 0) is 0 Å². The molecule has 0 radical (unpaired) electrons. The van der Waals surface area contributed by atoms with Gasteiger partial charge in [0.25, 0.3) is 0 Å². The monoisotopic (exact) mass is 434 g/mol. The fraction of sp³-hybridized carbons (Fsp3) is 0.174. The highest BCUT2D eigenvalue weighted by atomic mass is 19.1. The second kappa shape index (κ2) is 7.66. The zero-order valence-corrected chi connectivity index (χ0v) is 16.7. The third-order valence-electron chi connectivity index (χ3n) is 5.67. The number of rotatable bonds is 3. The molecule has 0 amide bonds. The number of nitriles is 1. The maximum absolute atomic E-state index is 14.4. The molecule has 3 N–H and O–H groups in total. The second-order valence-corrected chi connectivity index (χ2v) is 7.69. The third kappa shape index (κ3) is 3.16. The van der Waals surface area contributed by atoms with Crippen molar-refractivity contribution in [2.24, 2.45) is 5.73 Å². The number of fused-ring (bicyclic) bond motifs is 1. The van der Waals surface area contributed by atoms with Gasteiger partial charge in [-0.15, -0.1) is 0 Å². The van der Waals surface area contributed by atoms with Crippen LogP contribution in [0.3, 0.4) is 0 Å². The van der Waals surface area contributed by atoms with E-state index in [2.05, 4.69) is 15.0 Å². The molecule has 9 heteroatoms. The molecule has 1 fully saturated rings. The average Bonchev–Trinajstić information content (AvgIpc) is 3.43. The number of imidazole rings is 1. The van der Waals surface area contributed by atoms with Crippen molar-refractivity contribution in [2.75, 3.05) is 18.0 Å². The van der Waals surface area contributed by atoms with Gasteiger partial charge in [-0.1, -0.05) is 12.1 Å². The van der Waals surface area contributed by atoms with Crippen molar-refractivity contribution in [3.63, 3.8) is 0 Å². The molecule has 1 saturated heterocycles. The first-order valence-corrected chi connectivity index (χ1v) is 9.99. The summed E-state index contributed by atoms with van der Waals surface area (Å²) in [5.41, 5.74) is 7.80. The van der Waals surface area contributed by atoms with Crippen molar-refractivity contribution in [2.45, 2.75) is 12.5 Å². The Labute approximate surface area is 181 Å². The summed E-state index contributed by atoms with van der Waals surface area (Å²) in [5, 5.41) is 9.56. The topological polar surface area (TPSA) is 94.6 Å². The lowest BCUT2D eigenvalue weighted by Gasteiger charge is -2.24. The highest BCUT2D eigenvalue weighted by molar-refractivity contribution is 5.92. The van der Waals surface area contributed by atoms with E-state index in [1.54, 1.807) is 12.3 Å². The van der Waals surface area contributed by atoms with Crippen LogP contribution in [0.4, 0.5) is 18.9 Å². The van der Waals surface area contributed by atoms with Gasteiger partial charge in [-0.3, -0.25) is 4.98 Å². The number of benzene rings is 2. The first-order valence-electron chi connectivity index (χ1n) is 9.99. The molecule has 0 aliphatic carbocycles. The Kier molecular flexibility index (Phi) is 4.79. The van der Waals surface area contributed by atoms with Gasteiger partial charge in [-0.05, 0) is 24.6 Å². The number of aromatic nitrogens is 3. The molecular weight excluding hydrogens is 417 g/mol. The van der Waals surface area contributed by atoms with E-state index in [9.17, 15) is 18.4 Å². The normalized spacial score (nSPS) is 16.0. The average molecular weight is 434 g/mol. The molecule has 1 aliphatic rings. The minimum Gasteiger partial charge on any atom is -0.369 e. The van der Waals surface area contributed by atoms with E-state index in [-0.39, 0.29) is 28.5 Å². The molecule has 3 heterocycles. The molecular formula is C23H17F3N6. The van der Waals surface area contributed by atoms with Crippen LogP contribution in [0.15, 0.2) is 42.7 Å². The molecule has 5 rings (SSSR count). The zero-order chi connectivity index (χ0) is 22.4. The molecule has 1 atom stereocenters. The standard InChI is InChI=1S/C23H17F3N6/c24-17-3-1-2-13(14(17)8-27)15-9-29-10-16(22(15)32-7-6-12(28)11-32)23-30-20-18(25)4-5-19(26)21(20)31-23/h1-5,9-10,12H,6-7,11,28H2,(H,30,31)/t12-/m0/s1. The van der Waals surface area contributed by atoms with Crippen molar-refractivity contribution in [1.29, 1.82) is 5.26 Å². The number of pyridine rings is 1. The van der Waals surface area contributed by atoms with Crippen molar-refractivity contribution < 1.29 is 13.2 Å². The molecule has 160 valence electrons. The number of nitrogens with one attached hydrogen (secondary N) is 1. The summed E-state index contributed by atoms with van der Waals surface area (Å²) >= 11 is 0. The summed E-state index contributed by atoms with van der Waals surface area (Å²) in [6.07, 6.45) is 3.81. The summed E-state index contributed by atoms with van der Waals surface area (Å²) in [5.74, 6) is -1.73. The van der Waals surface area contributed by atoms with E-state index >= 15 is 0 Å². The predicted octanol–water partition coefficient (Wildman–Crippen LogP) is 4.12. The third-order valence-corrected chi connectivity index (χ3v) is 5.67. The molecule has 2 aromatic carbocycles. The second-order valence-electron chi connectivity index (χ2n) is 7.69. The molecule has 0 spiro atoms. The summed E-state index contributed by atoms with van der Waals surface area (Å²) in [7, 11) is 0.